The zero-order chi connectivity index (χ0) is 14.0. The molecule has 0 aliphatic rings. The van der Waals surface area contributed by atoms with E-state index in [1.165, 1.54) is 9.64 Å². The molecule has 19 heavy (non-hydrogen) atoms. The van der Waals surface area contributed by atoms with Gasteiger partial charge in [-0.2, -0.15) is 0 Å². The van der Waals surface area contributed by atoms with Crippen molar-refractivity contribution in [1.29, 1.82) is 0 Å². The van der Waals surface area contributed by atoms with E-state index in [-0.39, 0.29) is 11.9 Å². The third-order valence-electron chi connectivity index (χ3n) is 3.07. The van der Waals surface area contributed by atoms with Crippen LogP contribution >= 0.6 is 38.5 Å². The van der Waals surface area contributed by atoms with E-state index in [0.29, 0.717) is 5.56 Å². The molecule has 0 amide bonds. The Morgan fingerprint density at radius 3 is 2.58 bits per heavy atom. The summed E-state index contributed by atoms with van der Waals surface area (Å²) in [6, 6.07) is 11.5. The molecule has 2 aromatic rings. The predicted octanol–water partition coefficient (Wildman–Crippen LogP) is 4.81. The van der Waals surface area contributed by atoms with Crippen LogP contribution in [0, 0.1) is 16.3 Å². The molecule has 0 aliphatic carbocycles. The Morgan fingerprint density at radius 1 is 1.21 bits per heavy atom. The number of halogens is 3. The minimum absolute atomic E-state index is 0.0448. The van der Waals surface area contributed by atoms with Crippen LogP contribution in [0.3, 0.4) is 0 Å². The van der Waals surface area contributed by atoms with Gasteiger partial charge in [0.25, 0.3) is 0 Å². The topological polar surface area (TPSA) is 12.0 Å². The Balaban J connectivity index is 2.49. The molecule has 100 valence electrons. The maximum absolute atomic E-state index is 13.4. The third-order valence-corrected chi connectivity index (χ3v) is 4.47. The lowest BCUT2D eigenvalue weighted by atomic mass is 9.97. The van der Waals surface area contributed by atoms with Crippen LogP contribution in [0.1, 0.15) is 22.7 Å². The summed E-state index contributed by atoms with van der Waals surface area (Å²) < 4.78 is 15.6. The van der Waals surface area contributed by atoms with Gasteiger partial charge in [-0.15, -0.1) is 0 Å². The van der Waals surface area contributed by atoms with Gasteiger partial charge in [0, 0.05) is 8.04 Å². The van der Waals surface area contributed by atoms with Crippen molar-refractivity contribution >= 4 is 38.5 Å². The molecular formula is C15H14BrFIN. The fraction of sp³-hybridized carbons (Fsp3) is 0.200. The second-order valence-corrected chi connectivity index (χ2v) is 6.50. The van der Waals surface area contributed by atoms with Gasteiger partial charge in [-0.05, 0) is 77.5 Å². The number of benzene rings is 2. The predicted molar refractivity (Wildman–Crippen MR) is 88.9 cm³/mol. The van der Waals surface area contributed by atoms with Crippen LogP contribution in [0.4, 0.5) is 4.39 Å². The van der Waals surface area contributed by atoms with E-state index in [2.05, 4.69) is 56.0 Å². The summed E-state index contributed by atoms with van der Waals surface area (Å²) in [7, 11) is 1.91. The molecule has 0 saturated heterocycles. The molecule has 1 N–H and O–H groups in total. The Bertz CT molecular complexity index is 601. The average molecular weight is 434 g/mol. The summed E-state index contributed by atoms with van der Waals surface area (Å²) in [6.07, 6.45) is 0. The lowest BCUT2D eigenvalue weighted by molar-refractivity contribution is 0.614. The van der Waals surface area contributed by atoms with E-state index in [1.54, 1.807) is 6.92 Å². The number of aryl methyl sites for hydroxylation is 1. The minimum Gasteiger partial charge on any atom is -0.309 e. The van der Waals surface area contributed by atoms with Gasteiger partial charge in [0.1, 0.15) is 5.82 Å². The van der Waals surface area contributed by atoms with Crippen molar-refractivity contribution < 1.29 is 4.39 Å². The third kappa shape index (κ3) is 3.35. The average Bonchev–Trinajstić information content (AvgIpc) is 2.38. The molecule has 4 heteroatoms. The number of hydrogen-bond acceptors (Lipinski definition) is 1. The largest absolute Gasteiger partial charge is 0.309 e. The van der Waals surface area contributed by atoms with Gasteiger partial charge in [0.15, 0.2) is 0 Å². The molecular weight excluding hydrogens is 420 g/mol. The van der Waals surface area contributed by atoms with Gasteiger partial charge in [-0.1, -0.05) is 28.1 Å². The molecule has 1 atom stereocenters. The Hall–Kier alpha value is -0.460. The van der Waals surface area contributed by atoms with Crippen LogP contribution < -0.4 is 5.32 Å². The molecule has 0 radical (unpaired) electrons. The molecule has 0 fully saturated rings. The summed E-state index contributed by atoms with van der Waals surface area (Å²) in [4.78, 5) is 0. The van der Waals surface area contributed by atoms with Crippen LogP contribution in [0.5, 0.6) is 0 Å². The van der Waals surface area contributed by atoms with Crippen LogP contribution in [-0.2, 0) is 0 Å². The van der Waals surface area contributed by atoms with Gasteiger partial charge < -0.3 is 5.32 Å². The van der Waals surface area contributed by atoms with Crippen molar-refractivity contribution in [1.82, 2.24) is 5.32 Å². The summed E-state index contributed by atoms with van der Waals surface area (Å²) in [5, 5.41) is 3.29. The molecule has 2 aromatic carbocycles. The monoisotopic (exact) mass is 433 g/mol. The van der Waals surface area contributed by atoms with Gasteiger partial charge in [-0.25, -0.2) is 4.39 Å². The van der Waals surface area contributed by atoms with E-state index in [1.807, 2.05) is 25.2 Å². The molecule has 0 heterocycles. The fourth-order valence-corrected chi connectivity index (χ4v) is 3.08. The highest BCUT2D eigenvalue weighted by Crippen LogP contribution is 2.30. The summed E-state index contributed by atoms with van der Waals surface area (Å²) >= 11 is 5.88. The van der Waals surface area contributed by atoms with Crippen molar-refractivity contribution in [2.24, 2.45) is 0 Å². The van der Waals surface area contributed by atoms with Gasteiger partial charge >= 0.3 is 0 Å². The summed E-state index contributed by atoms with van der Waals surface area (Å²) in [6.45, 7) is 1.79. The summed E-state index contributed by atoms with van der Waals surface area (Å²) in [5.41, 5.74) is 2.88. The van der Waals surface area contributed by atoms with E-state index in [9.17, 15) is 4.39 Å². The first-order valence-electron chi connectivity index (χ1n) is 5.91. The van der Waals surface area contributed by atoms with Crippen molar-refractivity contribution in [3.05, 3.63) is 66.9 Å². The maximum atomic E-state index is 13.4. The van der Waals surface area contributed by atoms with Crippen LogP contribution in [0.15, 0.2) is 40.9 Å². The van der Waals surface area contributed by atoms with Crippen molar-refractivity contribution in [3.63, 3.8) is 0 Å². The Morgan fingerprint density at radius 2 is 1.95 bits per heavy atom. The second kappa shape index (κ2) is 6.33. The number of rotatable bonds is 3. The van der Waals surface area contributed by atoms with Crippen LogP contribution in [0.2, 0.25) is 0 Å². The molecule has 0 saturated carbocycles. The van der Waals surface area contributed by atoms with Gasteiger partial charge in [0.05, 0.1) is 6.04 Å². The van der Waals surface area contributed by atoms with Crippen molar-refractivity contribution in [3.8, 4) is 0 Å². The highest BCUT2D eigenvalue weighted by molar-refractivity contribution is 14.1. The molecule has 0 bridgehead atoms. The molecule has 0 aromatic heterocycles. The first-order chi connectivity index (χ1) is 9.02. The minimum atomic E-state index is -0.166. The Labute approximate surface area is 134 Å². The van der Waals surface area contributed by atoms with E-state index < -0.39 is 0 Å². The molecule has 0 aliphatic heterocycles. The second-order valence-electron chi connectivity index (χ2n) is 4.40. The van der Waals surface area contributed by atoms with Crippen molar-refractivity contribution in [2.45, 2.75) is 13.0 Å². The van der Waals surface area contributed by atoms with Crippen LogP contribution in [0.25, 0.3) is 0 Å². The lowest BCUT2D eigenvalue weighted by Crippen LogP contribution is -2.18. The van der Waals surface area contributed by atoms with E-state index in [4.69, 9.17) is 0 Å². The fourth-order valence-electron chi connectivity index (χ4n) is 2.09. The normalized spacial score (nSPS) is 12.5. The molecule has 1 nitrogen and oxygen atoms in total. The standard InChI is InChI=1S/C15H14BrFIN/c1-9-7-10(3-6-14(9)17)15(19-2)12-8-11(18)4-5-13(12)16/h3-8,15,19H,1-2H3. The van der Waals surface area contributed by atoms with Crippen LogP contribution in [-0.4, -0.2) is 7.05 Å². The highest BCUT2D eigenvalue weighted by Gasteiger charge is 2.16. The number of hydrogen-bond donors (Lipinski definition) is 1. The van der Waals surface area contributed by atoms with Gasteiger partial charge in [0.2, 0.25) is 0 Å². The Kier molecular flexibility index (Phi) is 4.97. The van der Waals surface area contributed by atoms with Gasteiger partial charge in [-0.3, -0.25) is 0 Å². The quantitative estimate of drug-likeness (QED) is 0.685. The van der Waals surface area contributed by atoms with Crippen molar-refractivity contribution in [2.75, 3.05) is 7.05 Å². The molecule has 1 unspecified atom stereocenters. The van der Waals surface area contributed by atoms with E-state index in [0.717, 1.165) is 15.6 Å². The molecule has 2 rings (SSSR count). The molecule has 0 spiro atoms. The smallest absolute Gasteiger partial charge is 0.126 e. The SMILES string of the molecule is CNC(c1ccc(F)c(C)c1)c1cc(I)ccc1Br. The zero-order valence-electron chi connectivity index (χ0n) is 10.7. The summed E-state index contributed by atoms with van der Waals surface area (Å²) in [5.74, 6) is -0.166. The lowest BCUT2D eigenvalue weighted by Gasteiger charge is -2.19. The van der Waals surface area contributed by atoms with E-state index >= 15 is 0 Å². The first kappa shape index (κ1) is 14.9. The highest BCUT2D eigenvalue weighted by atomic mass is 127. The first-order valence-corrected chi connectivity index (χ1v) is 7.78. The number of nitrogens with one attached hydrogen (secondary N) is 1. The maximum Gasteiger partial charge on any atom is 0.126 e. The zero-order valence-corrected chi connectivity index (χ0v) is 14.4.